The summed E-state index contributed by atoms with van der Waals surface area (Å²) in [6.45, 7) is 1.21. The summed E-state index contributed by atoms with van der Waals surface area (Å²) in [5.41, 5.74) is 1.13. The highest BCUT2D eigenvalue weighted by molar-refractivity contribution is 7.16. The van der Waals surface area contributed by atoms with Crippen LogP contribution in [0.3, 0.4) is 0 Å². The van der Waals surface area contributed by atoms with Gasteiger partial charge in [0.15, 0.2) is 0 Å². The lowest BCUT2D eigenvalue weighted by atomic mass is 10.1. The van der Waals surface area contributed by atoms with Crippen LogP contribution in [0, 0.1) is 0 Å². The molecule has 1 aromatic heterocycles. The molecule has 5 heteroatoms. The molecule has 0 aliphatic rings. The molecule has 1 heterocycles. The normalized spacial score (nSPS) is 10.5. The fraction of sp³-hybridized carbons (Fsp3) is 0.154. The maximum atomic E-state index is 11.0. The van der Waals surface area contributed by atoms with E-state index in [1.54, 1.807) is 12.1 Å². The van der Waals surface area contributed by atoms with E-state index in [9.17, 15) is 4.79 Å². The smallest absolute Gasteiger partial charge is 0.336 e. The molecule has 0 saturated carbocycles. The molecule has 0 radical (unpaired) electrons. The van der Waals surface area contributed by atoms with Gasteiger partial charge in [-0.05, 0) is 23.8 Å². The summed E-state index contributed by atoms with van der Waals surface area (Å²) >= 11 is 7.36. The number of aromatic carboxylic acids is 1. The maximum Gasteiger partial charge on any atom is 0.336 e. The van der Waals surface area contributed by atoms with E-state index in [1.165, 1.54) is 11.3 Å². The van der Waals surface area contributed by atoms with Gasteiger partial charge in [-0.25, -0.2) is 4.79 Å². The van der Waals surface area contributed by atoms with E-state index in [4.69, 9.17) is 16.7 Å². The molecular weight excluding hydrogens is 270 g/mol. The zero-order valence-electron chi connectivity index (χ0n) is 9.52. The molecule has 2 rings (SSSR count). The SMILES string of the molecule is O=C(O)c1ccccc1CNCc1ccc(Cl)s1. The second kappa shape index (κ2) is 6.00. The van der Waals surface area contributed by atoms with Crippen LogP contribution in [0.15, 0.2) is 36.4 Å². The first-order valence-electron chi connectivity index (χ1n) is 5.43. The molecule has 0 bridgehead atoms. The molecular formula is C13H12ClNO2S. The zero-order chi connectivity index (χ0) is 13.0. The third-order valence-electron chi connectivity index (χ3n) is 2.49. The molecule has 0 spiro atoms. The molecule has 0 amide bonds. The van der Waals surface area contributed by atoms with Crippen molar-refractivity contribution in [2.75, 3.05) is 0 Å². The molecule has 0 saturated heterocycles. The summed E-state index contributed by atoms with van der Waals surface area (Å²) in [6, 6.07) is 10.8. The number of carboxylic acids is 1. The minimum atomic E-state index is -0.897. The highest BCUT2D eigenvalue weighted by Crippen LogP contribution is 2.21. The second-order valence-electron chi connectivity index (χ2n) is 3.77. The molecule has 18 heavy (non-hydrogen) atoms. The quantitative estimate of drug-likeness (QED) is 0.883. The average molecular weight is 282 g/mol. The largest absolute Gasteiger partial charge is 0.478 e. The monoisotopic (exact) mass is 281 g/mol. The van der Waals surface area contributed by atoms with E-state index in [-0.39, 0.29) is 0 Å². The number of hydrogen-bond acceptors (Lipinski definition) is 3. The molecule has 94 valence electrons. The highest BCUT2D eigenvalue weighted by Gasteiger charge is 2.08. The van der Waals surface area contributed by atoms with Gasteiger partial charge in [-0.3, -0.25) is 0 Å². The minimum absolute atomic E-state index is 0.342. The van der Waals surface area contributed by atoms with Crippen LogP contribution in [0.1, 0.15) is 20.8 Å². The lowest BCUT2D eigenvalue weighted by molar-refractivity contribution is 0.0695. The predicted octanol–water partition coefficient (Wildman–Crippen LogP) is 3.39. The fourth-order valence-electron chi connectivity index (χ4n) is 1.65. The summed E-state index contributed by atoms with van der Waals surface area (Å²) in [4.78, 5) is 12.1. The predicted molar refractivity (Wildman–Crippen MR) is 73.3 cm³/mol. The summed E-state index contributed by atoms with van der Waals surface area (Å²) < 4.78 is 0.762. The van der Waals surface area contributed by atoms with Gasteiger partial charge in [-0.1, -0.05) is 29.8 Å². The van der Waals surface area contributed by atoms with Crippen LogP contribution in [0.4, 0.5) is 0 Å². The van der Waals surface area contributed by atoms with E-state index in [0.717, 1.165) is 14.8 Å². The number of hydrogen-bond donors (Lipinski definition) is 2. The van der Waals surface area contributed by atoms with Gasteiger partial charge >= 0.3 is 5.97 Å². The van der Waals surface area contributed by atoms with Gasteiger partial charge in [0, 0.05) is 18.0 Å². The van der Waals surface area contributed by atoms with Gasteiger partial charge in [0.2, 0.25) is 0 Å². The Bertz CT molecular complexity index is 553. The van der Waals surface area contributed by atoms with Gasteiger partial charge in [-0.2, -0.15) is 0 Å². The van der Waals surface area contributed by atoms with Crippen molar-refractivity contribution in [3.63, 3.8) is 0 Å². The minimum Gasteiger partial charge on any atom is -0.478 e. The Labute approximate surface area is 114 Å². The Hall–Kier alpha value is -1.36. The summed E-state index contributed by atoms with van der Waals surface area (Å²) in [7, 11) is 0. The standard InChI is InChI=1S/C13H12ClNO2S/c14-12-6-5-10(18-12)8-15-7-9-3-1-2-4-11(9)13(16)17/h1-6,15H,7-8H2,(H,16,17). The fourth-order valence-corrected chi connectivity index (χ4v) is 2.71. The summed E-state index contributed by atoms with van der Waals surface area (Å²) in [5.74, 6) is -0.897. The van der Waals surface area contributed by atoms with Crippen molar-refractivity contribution in [3.05, 3.63) is 56.7 Å². The number of carboxylic acid groups (broad SMARTS) is 1. The van der Waals surface area contributed by atoms with Crippen molar-refractivity contribution < 1.29 is 9.90 Å². The first kappa shape index (κ1) is 13.1. The Morgan fingerprint density at radius 2 is 2.00 bits per heavy atom. The Morgan fingerprint density at radius 3 is 2.67 bits per heavy atom. The summed E-state index contributed by atoms with van der Waals surface area (Å²) in [6.07, 6.45) is 0. The molecule has 3 nitrogen and oxygen atoms in total. The van der Waals surface area contributed by atoms with Crippen LogP contribution in [-0.2, 0) is 13.1 Å². The summed E-state index contributed by atoms with van der Waals surface area (Å²) in [5, 5.41) is 12.3. The van der Waals surface area contributed by atoms with Crippen molar-refractivity contribution in [2.45, 2.75) is 13.1 Å². The molecule has 0 aliphatic carbocycles. The van der Waals surface area contributed by atoms with Gasteiger partial charge in [0.25, 0.3) is 0 Å². The third kappa shape index (κ3) is 3.32. The van der Waals surface area contributed by atoms with E-state index in [2.05, 4.69) is 5.32 Å². The number of thiophene rings is 1. The first-order valence-corrected chi connectivity index (χ1v) is 6.62. The average Bonchev–Trinajstić information content (AvgIpc) is 2.75. The van der Waals surface area contributed by atoms with Gasteiger partial charge < -0.3 is 10.4 Å². The van der Waals surface area contributed by atoms with Crippen LogP contribution in [-0.4, -0.2) is 11.1 Å². The van der Waals surface area contributed by atoms with Crippen LogP contribution in [0.25, 0.3) is 0 Å². The van der Waals surface area contributed by atoms with E-state index >= 15 is 0 Å². The van der Waals surface area contributed by atoms with E-state index in [0.29, 0.717) is 18.7 Å². The lowest BCUT2D eigenvalue weighted by Crippen LogP contribution is -2.14. The molecule has 0 aliphatic heterocycles. The van der Waals surface area contributed by atoms with Gasteiger partial charge in [0.1, 0.15) is 0 Å². The molecule has 0 atom stereocenters. The first-order chi connectivity index (χ1) is 8.66. The van der Waals surface area contributed by atoms with Crippen molar-refractivity contribution >= 4 is 28.9 Å². The lowest BCUT2D eigenvalue weighted by Gasteiger charge is -2.06. The molecule has 1 aromatic carbocycles. The third-order valence-corrected chi connectivity index (χ3v) is 3.72. The maximum absolute atomic E-state index is 11.0. The zero-order valence-corrected chi connectivity index (χ0v) is 11.1. The highest BCUT2D eigenvalue weighted by atomic mass is 35.5. The van der Waals surface area contributed by atoms with Crippen molar-refractivity contribution in [1.82, 2.24) is 5.32 Å². The molecule has 0 fully saturated rings. The van der Waals surface area contributed by atoms with Gasteiger partial charge in [0.05, 0.1) is 9.90 Å². The topological polar surface area (TPSA) is 49.3 Å². The van der Waals surface area contributed by atoms with Crippen molar-refractivity contribution in [2.24, 2.45) is 0 Å². The van der Waals surface area contributed by atoms with Crippen molar-refractivity contribution in [3.8, 4) is 0 Å². The number of rotatable bonds is 5. The van der Waals surface area contributed by atoms with Gasteiger partial charge in [-0.15, -0.1) is 11.3 Å². The van der Waals surface area contributed by atoms with E-state index in [1.807, 2.05) is 24.3 Å². The van der Waals surface area contributed by atoms with E-state index < -0.39 is 5.97 Å². The van der Waals surface area contributed by atoms with Crippen LogP contribution < -0.4 is 5.32 Å². The molecule has 2 N–H and O–H groups in total. The Kier molecular flexibility index (Phi) is 4.36. The van der Waals surface area contributed by atoms with Crippen molar-refractivity contribution in [1.29, 1.82) is 0 Å². The number of halogens is 1. The van der Waals surface area contributed by atoms with Crippen LogP contribution >= 0.6 is 22.9 Å². The molecule has 2 aromatic rings. The number of benzene rings is 1. The van der Waals surface area contributed by atoms with Crippen LogP contribution in [0.2, 0.25) is 4.34 Å². The Balaban J connectivity index is 1.96. The van der Waals surface area contributed by atoms with Crippen LogP contribution in [0.5, 0.6) is 0 Å². The number of carbonyl (C=O) groups is 1. The second-order valence-corrected chi connectivity index (χ2v) is 5.57. The number of nitrogens with one attached hydrogen (secondary N) is 1. The molecule has 0 unspecified atom stereocenters. The Morgan fingerprint density at radius 1 is 1.22 bits per heavy atom.